The van der Waals surface area contributed by atoms with Gasteiger partial charge in [0.2, 0.25) is 29.5 Å². The number of esters is 1. The minimum Gasteiger partial charge on any atom is -0.508 e. The first-order chi connectivity index (χ1) is 29.4. The van der Waals surface area contributed by atoms with E-state index < -0.39 is 96.9 Å². The van der Waals surface area contributed by atoms with Crippen LogP contribution in [-0.2, 0) is 46.3 Å². The third kappa shape index (κ3) is 17.1. The highest BCUT2D eigenvalue weighted by Crippen LogP contribution is 2.19. The Kier molecular flexibility index (Phi) is 20.9. The summed E-state index contributed by atoms with van der Waals surface area (Å²) in [4.78, 5) is 82.0. The Labute approximate surface area is 364 Å². The number of aliphatic hydroxyl groups excluding tert-OH is 2. The number of carbonyl (C=O) groups excluding carboxylic acids is 6. The zero-order chi connectivity index (χ0) is 45.9. The van der Waals surface area contributed by atoms with Gasteiger partial charge in [-0.15, -0.1) is 0 Å². The normalized spacial score (nSPS) is 19.9. The van der Waals surface area contributed by atoms with Crippen LogP contribution in [0.25, 0.3) is 0 Å². The molecule has 62 heavy (non-hydrogen) atoms. The molecule has 342 valence electrons. The van der Waals surface area contributed by atoms with Gasteiger partial charge in [-0.2, -0.15) is 0 Å². The van der Waals surface area contributed by atoms with Crippen LogP contribution in [0.15, 0.2) is 60.7 Å². The Bertz CT molecular complexity index is 1800. The number of hydrogen-bond donors (Lipinski definition) is 8. The lowest BCUT2D eigenvalue weighted by molar-refractivity contribution is -0.156. The third-order valence-corrected chi connectivity index (χ3v) is 10.8. The predicted molar refractivity (Wildman–Crippen MR) is 232 cm³/mol. The fraction of sp³-hybridized carbons (Fsp3) is 0.565. The lowest BCUT2D eigenvalue weighted by Crippen LogP contribution is -2.56. The number of benzene rings is 2. The molecule has 16 heteroatoms. The number of unbranched alkanes of at least 4 members (excludes halogenated alkanes) is 4. The van der Waals surface area contributed by atoms with Crippen LogP contribution in [0.3, 0.4) is 0 Å². The molecule has 2 aromatic carbocycles. The van der Waals surface area contributed by atoms with Crippen molar-refractivity contribution >= 4 is 35.5 Å². The van der Waals surface area contributed by atoms with Crippen LogP contribution in [0.4, 0.5) is 0 Å². The molecule has 0 aromatic heterocycles. The summed E-state index contributed by atoms with van der Waals surface area (Å²) >= 11 is 0. The van der Waals surface area contributed by atoms with Gasteiger partial charge in [-0.25, -0.2) is 4.79 Å². The molecule has 1 heterocycles. The highest BCUT2D eigenvalue weighted by Gasteiger charge is 2.36. The van der Waals surface area contributed by atoms with Gasteiger partial charge in [0.25, 0.3) is 0 Å². The molecule has 0 fully saturated rings. The molecule has 0 saturated heterocycles. The number of aromatic hydroxyl groups is 2. The number of amides is 5. The van der Waals surface area contributed by atoms with E-state index in [1.165, 1.54) is 42.3 Å². The summed E-state index contributed by atoms with van der Waals surface area (Å²) in [5.41, 5.74) is 1.29. The van der Waals surface area contributed by atoms with Crippen molar-refractivity contribution in [3.8, 4) is 11.5 Å². The van der Waals surface area contributed by atoms with Crippen molar-refractivity contribution in [3.05, 3.63) is 71.8 Å². The lowest BCUT2D eigenvalue weighted by Gasteiger charge is -2.32. The molecular weight excluding hydrogens is 799 g/mol. The molecule has 7 unspecified atom stereocenters. The average molecular weight is 866 g/mol. The Morgan fingerprint density at radius 3 is 2.03 bits per heavy atom. The van der Waals surface area contributed by atoms with E-state index in [4.69, 9.17) is 4.74 Å². The summed E-state index contributed by atoms with van der Waals surface area (Å²) < 4.78 is 5.67. The van der Waals surface area contributed by atoms with E-state index in [0.29, 0.717) is 17.5 Å². The molecule has 5 amide bonds. The van der Waals surface area contributed by atoms with E-state index in [0.717, 1.165) is 38.2 Å². The molecule has 1 aliphatic rings. The Morgan fingerprint density at radius 2 is 1.44 bits per heavy atom. The van der Waals surface area contributed by atoms with Gasteiger partial charge in [0.1, 0.15) is 36.2 Å². The first-order valence-corrected chi connectivity index (χ1v) is 21.6. The van der Waals surface area contributed by atoms with Gasteiger partial charge in [0, 0.05) is 19.5 Å². The number of cyclic esters (lactones) is 1. The van der Waals surface area contributed by atoms with Crippen LogP contribution in [0.1, 0.15) is 97.1 Å². The van der Waals surface area contributed by atoms with E-state index in [1.807, 2.05) is 0 Å². The van der Waals surface area contributed by atoms with Crippen LogP contribution < -0.4 is 21.3 Å². The summed E-state index contributed by atoms with van der Waals surface area (Å²) in [6.45, 7) is 8.57. The largest absolute Gasteiger partial charge is 0.508 e. The maximum Gasteiger partial charge on any atom is 0.329 e. The molecule has 8 N–H and O–H groups in total. The molecule has 3 rings (SSSR count). The van der Waals surface area contributed by atoms with Gasteiger partial charge in [0.15, 0.2) is 0 Å². The van der Waals surface area contributed by atoms with Crippen LogP contribution in [0, 0.1) is 11.8 Å². The molecule has 7 atom stereocenters. The number of nitrogens with one attached hydrogen (secondary N) is 4. The predicted octanol–water partition coefficient (Wildman–Crippen LogP) is 2.94. The fourth-order valence-corrected chi connectivity index (χ4v) is 7.05. The van der Waals surface area contributed by atoms with Crippen molar-refractivity contribution in [1.82, 2.24) is 26.2 Å². The number of carbonyl (C=O) groups is 6. The molecule has 0 spiro atoms. The van der Waals surface area contributed by atoms with Crippen molar-refractivity contribution in [2.45, 2.75) is 141 Å². The summed E-state index contributed by atoms with van der Waals surface area (Å²) in [5.74, 6) is -4.57. The second-order valence-corrected chi connectivity index (χ2v) is 16.8. The van der Waals surface area contributed by atoms with E-state index >= 15 is 0 Å². The molecule has 0 radical (unpaired) electrons. The number of hydrogen-bond acceptors (Lipinski definition) is 11. The molecule has 1 aliphatic heterocycles. The molecule has 2 aromatic rings. The first kappa shape index (κ1) is 50.9. The average Bonchev–Trinajstić information content (AvgIpc) is 3.21. The van der Waals surface area contributed by atoms with Gasteiger partial charge in [-0.05, 0) is 60.1 Å². The number of likely N-dealkylation sites (N-methyl/N-ethyl adjacent to an activating group) is 1. The number of aliphatic hydroxyl groups is 2. The number of rotatable bonds is 21. The lowest BCUT2D eigenvalue weighted by atomic mass is 9.97. The van der Waals surface area contributed by atoms with Gasteiger partial charge in [-0.1, -0.05) is 97.1 Å². The number of nitrogens with zero attached hydrogens (tertiary/aromatic N) is 1. The summed E-state index contributed by atoms with van der Waals surface area (Å²) in [6.07, 6.45) is 5.01. The van der Waals surface area contributed by atoms with E-state index in [1.54, 1.807) is 52.0 Å². The van der Waals surface area contributed by atoms with E-state index in [9.17, 15) is 49.2 Å². The van der Waals surface area contributed by atoms with Crippen LogP contribution >= 0.6 is 0 Å². The topological polar surface area (TPSA) is 244 Å². The minimum absolute atomic E-state index is 0.0219. The fourth-order valence-electron chi connectivity index (χ4n) is 7.05. The molecular formula is C46H67N5O11. The van der Waals surface area contributed by atoms with E-state index in [2.05, 4.69) is 28.2 Å². The second-order valence-electron chi connectivity index (χ2n) is 16.8. The SMILES string of the molecule is CCCCCCCC(O)CC(=O)NC(Cc1ccc(O)cc1)C(O)CC(=O)NC(C(=O)NC1/C=C/C(=O)NC(C(C)C)C(=O)N(C)C(Cc2ccc(O)cc2)C(=O)OC1)C(C)C. The Morgan fingerprint density at radius 1 is 0.839 bits per heavy atom. The third-order valence-electron chi connectivity index (χ3n) is 10.8. The number of ether oxygens (including phenoxy) is 1. The van der Waals surface area contributed by atoms with Crippen LogP contribution in [0.2, 0.25) is 0 Å². The maximum atomic E-state index is 13.8. The Balaban J connectivity index is 1.75. The van der Waals surface area contributed by atoms with Crippen LogP contribution in [-0.4, -0.2) is 117 Å². The van der Waals surface area contributed by atoms with Crippen molar-refractivity contribution < 1.29 is 53.9 Å². The number of phenolic OH excluding ortho intramolecular Hbond substituents is 2. The van der Waals surface area contributed by atoms with Crippen molar-refractivity contribution in [2.75, 3.05) is 13.7 Å². The van der Waals surface area contributed by atoms with Gasteiger partial charge >= 0.3 is 5.97 Å². The van der Waals surface area contributed by atoms with Crippen molar-refractivity contribution in [3.63, 3.8) is 0 Å². The first-order valence-electron chi connectivity index (χ1n) is 21.6. The van der Waals surface area contributed by atoms with Gasteiger partial charge in [-0.3, -0.25) is 24.0 Å². The maximum absolute atomic E-state index is 13.8. The summed E-state index contributed by atoms with van der Waals surface area (Å²) in [6, 6.07) is 7.00. The summed E-state index contributed by atoms with van der Waals surface area (Å²) in [5, 5.41) is 52.3. The van der Waals surface area contributed by atoms with Gasteiger partial charge in [0.05, 0.1) is 37.1 Å². The highest BCUT2D eigenvalue weighted by molar-refractivity contribution is 5.95. The molecule has 0 saturated carbocycles. The molecule has 16 nitrogen and oxygen atoms in total. The zero-order valence-corrected chi connectivity index (χ0v) is 36.8. The molecule has 0 bridgehead atoms. The minimum atomic E-state index is -1.42. The van der Waals surface area contributed by atoms with Crippen LogP contribution in [0.5, 0.6) is 11.5 Å². The zero-order valence-electron chi connectivity index (χ0n) is 36.8. The molecule has 0 aliphatic carbocycles. The highest BCUT2D eigenvalue weighted by atomic mass is 16.5. The Hall–Kier alpha value is -5.48. The second kappa shape index (κ2) is 25.5. The van der Waals surface area contributed by atoms with E-state index in [-0.39, 0.29) is 36.7 Å². The van der Waals surface area contributed by atoms with Crippen molar-refractivity contribution in [2.24, 2.45) is 11.8 Å². The quantitative estimate of drug-likeness (QED) is 0.0670. The monoisotopic (exact) mass is 865 g/mol. The van der Waals surface area contributed by atoms with Gasteiger partial charge < -0.3 is 51.3 Å². The standard InChI is InChI=1S/C46H67N5O11/c1-7-8-9-10-11-12-35(54)25-40(57)48-36(23-30-13-18-33(52)19-14-30)38(55)26-41(58)50-42(28(2)3)44(59)47-32-17-22-39(56)49-43(29(4)5)45(60)51(6)37(46(61)62-27-32)24-31-15-20-34(53)21-16-31/h13-22,28-29,32,35-38,42-43,52-55H,7-12,23-27H2,1-6H3,(H,47,59)(H,48,57)(H,49,56)(H,50,58)/b22-17+. The number of phenols is 2. The van der Waals surface area contributed by atoms with Crippen molar-refractivity contribution in [1.29, 1.82) is 0 Å². The smallest absolute Gasteiger partial charge is 0.329 e. The summed E-state index contributed by atoms with van der Waals surface area (Å²) in [7, 11) is 1.44.